The summed E-state index contributed by atoms with van der Waals surface area (Å²) in [7, 11) is 1.56. The summed E-state index contributed by atoms with van der Waals surface area (Å²) < 4.78 is 8.98. The predicted octanol–water partition coefficient (Wildman–Crippen LogP) is 2.07. The van der Waals surface area contributed by atoms with Crippen LogP contribution in [0, 0.1) is 6.92 Å². The zero-order valence-corrected chi connectivity index (χ0v) is 17.2. The summed E-state index contributed by atoms with van der Waals surface area (Å²) in [4.78, 5) is 41.4. The van der Waals surface area contributed by atoms with Crippen LogP contribution in [0.3, 0.4) is 0 Å². The number of aryl methyl sites for hydroxylation is 1. The van der Waals surface area contributed by atoms with E-state index in [0.29, 0.717) is 23.1 Å². The van der Waals surface area contributed by atoms with Gasteiger partial charge in [-0.25, -0.2) is 14.5 Å². The fourth-order valence-corrected chi connectivity index (χ4v) is 2.84. The van der Waals surface area contributed by atoms with Gasteiger partial charge in [-0.3, -0.25) is 14.2 Å². The number of carbonyl (C=O) groups excluding carboxylic acids is 1. The number of aliphatic imine (C=N–C) groups is 1. The number of nitrogens with one attached hydrogen (secondary N) is 1. The van der Waals surface area contributed by atoms with Crippen LogP contribution in [0.25, 0.3) is 0 Å². The molecular formula is C21H20N7O3+. The first kappa shape index (κ1) is 20.1. The Bertz CT molecular complexity index is 1260. The van der Waals surface area contributed by atoms with E-state index in [0.717, 1.165) is 0 Å². The van der Waals surface area contributed by atoms with Gasteiger partial charge in [0, 0.05) is 19.3 Å². The highest BCUT2D eigenvalue weighted by Crippen LogP contribution is 2.24. The van der Waals surface area contributed by atoms with Crippen LogP contribution in [-0.2, 0) is 7.05 Å². The van der Waals surface area contributed by atoms with Gasteiger partial charge in [0.05, 0.1) is 18.5 Å². The molecule has 10 nitrogen and oxygen atoms in total. The molecular weight excluding hydrogens is 398 g/mol. The Balaban J connectivity index is 1.45. The van der Waals surface area contributed by atoms with Gasteiger partial charge < -0.3 is 10.1 Å². The van der Waals surface area contributed by atoms with E-state index in [1.807, 2.05) is 17.7 Å². The van der Waals surface area contributed by atoms with E-state index in [1.54, 1.807) is 50.8 Å². The van der Waals surface area contributed by atoms with Gasteiger partial charge in [0.15, 0.2) is 6.04 Å². The molecule has 3 aromatic rings. The van der Waals surface area contributed by atoms with E-state index in [1.165, 1.54) is 17.0 Å². The monoisotopic (exact) mass is 418 g/mol. The smallest absolute Gasteiger partial charge is 0.270 e. The van der Waals surface area contributed by atoms with Crippen molar-refractivity contribution in [3.05, 3.63) is 64.6 Å². The third-order valence-electron chi connectivity index (χ3n) is 4.64. The van der Waals surface area contributed by atoms with E-state index >= 15 is 0 Å². The molecule has 1 amide bonds. The minimum Gasteiger partial charge on any atom is -0.455 e. The molecule has 1 atom stereocenters. The topological polar surface area (TPSA) is 114 Å². The van der Waals surface area contributed by atoms with Gasteiger partial charge >= 0.3 is 0 Å². The van der Waals surface area contributed by atoms with Crippen LogP contribution in [0.4, 0.5) is 11.6 Å². The number of amides is 1. The molecule has 156 valence electrons. The Labute approximate surface area is 177 Å². The average Bonchev–Trinajstić information content (AvgIpc) is 3.20. The second-order valence-electron chi connectivity index (χ2n) is 6.93. The number of ether oxygens (including phenoxy) is 1. The van der Waals surface area contributed by atoms with Crippen LogP contribution in [0.1, 0.15) is 23.1 Å². The van der Waals surface area contributed by atoms with Crippen LogP contribution in [-0.4, -0.2) is 48.6 Å². The molecule has 1 unspecified atom stereocenters. The van der Waals surface area contributed by atoms with Gasteiger partial charge in [-0.05, 0) is 26.0 Å². The second-order valence-corrected chi connectivity index (χ2v) is 6.93. The third-order valence-corrected chi connectivity index (χ3v) is 4.64. The van der Waals surface area contributed by atoms with Gasteiger partial charge in [-0.1, -0.05) is 0 Å². The largest absolute Gasteiger partial charge is 0.455 e. The lowest BCUT2D eigenvalue weighted by atomic mass is 10.3. The normalized spacial score (nSPS) is 14.9. The first-order chi connectivity index (χ1) is 14.9. The molecule has 10 heteroatoms. The maximum Gasteiger partial charge on any atom is 0.270 e. The first-order valence-electron chi connectivity index (χ1n) is 9.51. The maximum atomic E-state index is 12.4. The summed E-state index contributed by atoms with van der Waals surface area (Å²) >= 11 is 0. The minimum atomic E-state index is -0.578. The van der Waals surface area contributed by atoms with Gasteiger partial charge in [-0.2, -0.15) is 0 Å². The van der Waals surface area contributed by atoms with Crippen LogP contribution in [0.2, 0.25) is 0 Å². The highest BCUT2D eigenvalue weighted by Gasteiger charge is 2.16. The van der Waals surface area contributed by atoms with Crippen molar-refractivity contribution < 1.29 is 14.1 Å². The zero-order valence-electron chi connectivity index (χ0n) is 17.2. The molecule has 0 aromatic carbocycles. The summed E-state index contributed by atoms with van der Waals surface area (Å²) in [6.45, 7) is 3.67. The number of anilines is 1. The van der Waals surface area contributed by atoms with Crippen molar-refractivity contribution in [2.75, 3.05) is 5.32 Å². The van der Waals surface area contributed by atoms with Crippen molar-refractivity contribution in [1.29, 1.82) is 0 Å². The van der Waals surface area contributed by atoms with Gasteiger partial charge in [0.1, 0.15) is 34.9 Å². The van der Waals surface area contributed by atoms with Crippen molar-refractivity contribution in [2.45, 2.75) is 19.9 Å². The molecule has 0 fully saturated rings. The highest BCUT2D eigenvalue weighted by molar-refractivity contribution is 6.03. The van der Waals surface area contributed by atoms with Crippen LogP contribution < -0.4 is 15.6 Å². The molecule has 0 bridgehead atoms. The van der Waals surface area contributed by atoms with Crippen molar-refractivity contribution >= 4 is 30.1 Å². The van der Waals surface area contributed by atoms with Gasteiger partial charge in [0.2, 0.25) is 6.34 Å². The Kier molecular flexibility index (Phi) is 5.35. The van der Waals surface area contributed by atoms with Crippen molar-refractivity contribution in [3.63, 3.8) is 0 Å². The Morgan fingerprint density at radius 1 is 1.16 bits per heavy atom. The summed E-state index contributed by atoms with van der Waals surface area (Å²) in [5, 5.41) is 2.59. The Morgan fingerprint density at radius 2 is 2.00 bits per heavy atom. The van der Waals surface area contributed by atoms with E-state index < -0.39 is 11.5 Å². The van der Waals surface area contributed by atoms with Gasteiger partial charge in [0.25, 0.3) is 17.3 Å². The SMILES string of the molecule is Cc1ncc(C(=O)Nc2ccc(Oc3ccnc([N+]4=CC(C)N=C4)c3)cn2)c(=O)n1C. The van der Waals surface area contributed by atoms with Crippen LogP contribution >= 0.6 is 0 Å². The van der Waals surface area contributed by atoms with Gasteiger partial charge in [-0.15, -0.1) is 9.98 Å². The molecule has 1 N–H and O–H groups in total. The lowest BCUT2D eigenvalue weighted by molar-refractivity contribution is -0.291. The standard InChI is InChI=1S/C21H19N7O3/c1-13-11-28(12-25-13)19-8-15(6-7-22-19)31-16-4-5-18(24-9-16)26-20(29)17-10-23-14(2)27(3)21(17)30/h4-13H,1-3H3/p+1. The zero-order chi connectivity index (χ0) is 22.0. The highest BCUT2D eigenvalue weighted by atomic mass is 16.5. The van der Waals surface area contributed by atoms with E-state index in [4.69, 9.17) is 4.74 Å². The molecule has 1 aliphatic rings. The fourth-order valence-electron chi connectivity index (χ4n) is 2.84. The molecule has 0 radical (unpaired) electrons. The fraction of sp³-hybridized carbons (Fsp3) is 0.190. The van der Waals surface area contributed by atoms with Crippen molar-refractivity contribution in [2.24, 2.45) is 12.0 Å². The molecule has 4 heterocycles. The maximum absolute atomic E-state index is 12.4. The number of hydrogen-bond donors (Lipinski definition) is 1. The lowest BCUT2D eigenvalue weighted by Crippen LogP contribution is -2.29. The molecule has 31 heavy (non-hydrogen) atoms. The Morgan fingerprint density at radius 3 is 2.71 bits per heavy atom. The third kappa shape index (κ3) is 4.37. The number of pyridine rings is 2. The van der Waals surface area contributed by atoms with Crippen molar-refractivity contribution in [3.8, 4) is 11.5 Å². The van der Waals surface area contributed by atoms with E-state index in [-0.39, 0.29) is 17.4 Å². The number of hydrogen-bond acceptors (Lipinski definition) is 7. The molecule has 0 spiro atoms. The molecule has 0 saturated carbocycles. The summed E-state index contributed by atoms with van der Waals surface area (Å²) in [5.74, 6) is 1.98. The van der Waals surface area contributed by atoms with E-state index in [9.17, 15) is 9.59 Å². The number of aromatic nitrogens is 4. The summed E-state index contributed by atoms with van der Waals surface area (Å²) in [6.07, 6.45) is 8.05. The molecule has 4 rings (SSSR count). The van der Waals surface area contributed by atoms with Crippen LogP contribution in [0.5, 0.6) is 11.5 Å². The number of rotatable bonds is 5. The molecule has 0 saturated heterocycles. The van der Waals surface area contributed by atoms with Crippen molar-refractivity contribution in [1.82, 2.24) is 19.5 Å². The predicted molar refractivity (Wildman–Crippen MR) is 115 cm³/mol. The molecule has 3 aromatic heterocycles. The Hall–Kier alpha value is -4.21. The molecule has 0 aliphatic carbocycles. The lowest BCUT2D eigenvalue weighted by Gasteiger charge is -2.08. The van der Waals surface area contributed by atoms with E-state index in [2.05, 4.69) is 25.3 Å². The average molecular weight is 418 g/mol. The second kappa shape index (κ2) is 8.27. The first-order valence-corrected chi connectivity index (χ1v) is 9.51. The number of carbonyl (C=O) groups is 1. The minimum absolute atomic E-state index is 0.0592. The van der Waals surface area contributed by atoms with Crippen LogP contribution in [0.15, 0.2) is 52.6 Å². The quantitative estimate of drug-likeness (QED) is 0.635. The number of nitrogens with zero attached hydrogens (tertiary/aromatic N) is 6. The molecule has 1 aliphatic heterocycles. The summed E-state index contributed by atoms with van der Waals surface area (Å²) in [6, 6.07) is 6.88. The summed E-state index contributed by atoms with van der Waals surface area (Å²) in [5.41, 5.74) is -0.482.